The predicted molar refractivity (Wildman–Crippen MR) is 90.6 cm³/mol. The van der Waals surface area contributed by atoms with Crippen molar-refractivity contribution in [3.05, 3.63) is 54.4 Å². The molecule has 2 N–H and O–H groups in total. The van der Waals surface area contributed by atoms with Crippen molar-refractivity contribution in [1.82, 2.24) is 15.3 Å². The van der Waals surface area contributed by atoms with E-state index < -0.39 is 11.7 Å². The predicted octanol–water partition coefficient (Wildman–Crippen LogP) is 3.96. The number of amides is 1. The minimum atomic E-state index is -0.559. The summed E-state index contributed by atoms with van der Waals surface area (Å²) >= 11 is 0. The number of carbonyl (C=O) groups is 1. The third-order valence-corrected chi connectivity index (χ3v) is 3.58. The van der Waals surface area contributed by atoms with Crippen LogP contribution in [0.25, 0.3) is 10.9 Å². The molecular weight excluding hydrogens is 306 g/mol. The quantitative estimate of drug-likeness (QED) is 0.760. The summed E-state index contributed by atoms with van der Waals surface area (Å²) in [6.45, 7) is 5.49. The monoisotopic (exact) mass is 327 g/mol. The van der Waals surface area contributed by atoms with Gasteiger partial charge in [0.25, 0.3) is 0 Å². The largest absolute Gasteiger partial charge is 0.446 e. The number of ether oxygens (including phenoxy) is 1. The molecule has 3 rings (SSSR count). The Morgan fingerprint density at radius 3 is 2.88 bits per heavy atom. The molecule has 0 aliphatic heterocycles. The summed E-state index contributed by atoms with van der Waals surface area (Å²) in [5.41, 5.74) is 1.58. The second-order valence-corrected chi connectivity index (χ2v) is 6.67. The zero-order valence-electron chi connectivity index (χ0n) is 14.0. The Balaban J connectivity index is 1.82. The van der Waals surface area contributed by atoms with Gasteiger partial charge in [-0.25, -0.2) is 9.78 Å². The number of rotatable bonds is 4. The number of fused-ring (bicyclic) bond motifs is 1. The molecule has 0 radical (unpaired) electrons. The number of nitrogens with zero attached hydrogens (tertiary/aromatic N) is 1. The maximum Gasteiger partial charge on any atom is 0.408 e. The maximum atomic E-state index is 12.2. The zero-order valence-corrected chi connectivity index (χ0v) is 14.0. The van der Waals surface area contributed by atoms with Gasteiger partial charge in [0.15, 0.2) is 6.39 Å². The average Bonchev–Trinajstić information content (AvgIpc) is 3.14. The second kappa shape index (κ2) is 6.39. The summed E-state index contributed by atoms with van der Waals surface area (Å²) in [6.07, 6.45) is 5.00. The lowest BCUT2D eigenvalue weighted by Crippen LogP contribution is -2.35. The molecule has 0 bridgehead atoms. The lowest BCUT2D eigenvalue weighted by Gasteiger charge is -2.22. The number of benzene rings is 1. The summed E-state index contributed by atoms with van der Waals surface area (Å²) in [6, 6.07) is 7.68. The highest BCUT2D eigenvalue weighted by Gasteiger charge is 2.23. The number of aromatic amines is 1. The number of para-hydroxylation sites is 1. The van der Waals surface area contributed by atoms with Gasteiger partial charge >= 0.3 is 6.09 Å². The van der Waals surface area contributed by atoms with Crippen LogP contribution in [-0.4, -0.2) is 21.7 Å². The first-order chi connectivity index (χ1) is 11.4. The normalized spacial score (nSPS) is 13.0. The fourth-order valence-electron chi connectivity index (χ4n) is 2.59. The Hall–Kier alpha value is -2.76. The molecule has 24 heavy (non-hydrogen) atoms. The molecular formula is C18H21N3O3. The number of oxazole rings is 1. The van der Waals surface area contributed by atoms with Crippen LogP contribution in [-0.2, 0) is 11.2 Å². The van der Waals surface area contributed by atoms with E-state index in [-0.39, 0.29) is 6.04 Å². The third kappa shape index (κ3) is 3.76. The van der Waals surface area contributed by atoms with Gasteiger partial charge in [0.1, 0.15) is 11.4 Å². The first-order valence-electron chi connectivity index (χ1n) is 7.85. The minimum Gasteiger partial charge on any atom is -0.446 e. The lowest BCUT2D eigenvalue weighted by molar-refractivity contribution is 0.0497. The van der Waals surface area contributed by atoms with Crippen LogP contribution in [0.4, 0.5) is 4.79 Å². The van der Waals surface area contributed by atoms with Crippen molar-refractivity contribution in [3.8, 4) is 0 Å². The summed E-state index contributed by atoms with van der Waals surface area (Å²) < 4.78 is 10.7. The second-order valence-electron chi connectivity index (χ2n) is 6.67. The number of H-pyrrole nitrogens is 1. The van der Waals surface area contributed by atoms with E-state index in [4.69, 9.17) is 9.15 Å². The number of nitrogens with one attached hydrogen (secondary N) is 2. The number of aromatic nitrogens is 2. The van der Waals surface area contributed by atoms with Gasteiger partial charge in [-0.3, -0.25) is 0 Å². The standard InChI is InChI=1S/C18H21N3O3/c1-18(2,3)24-17(22)21-15(16-10-19-11-23-16)8-12-9-20-14-7-5-4-6-13(12)14/h4-7,9-11,15,20H,8H2,1-3H3,(H,21,22)/t15-/m0/s1. The van der Waals surface area contributed by atoms with Crippen LogP contribution in [0.5, 0.6) is 0 Å². The molecule has 6 nitrogen and oxygen atoms in total. The molecule has 3 aromatic rings. The van der Waals surface area contributed by atoms with Crippen LogP contribution < -0.4 is 5.32 Å². The van der Waals surface area contributed by atoms with Crippen LogP contribution in [0.2, 0.25) is 0 Å². The fourth-order valence-corrected chi connectivity index (χ4v) is 2.59. The first-order valence-corrected chi connectivity index (χ1v) is 7.85. The van der Waals surface area contributed by atoms with Crippen molar-refractivity contribution in [1.29, 1.82) is 0 Å². The molecule has 0 saturated heterocycles. The van der Waals surface area contributed by atoms with Crippen molar-refractivity contribution >= 4 is 17.0 Å². The Kier molecular flexibility index (Phi) is 4.29. The number of alkyl carbamates (subject to hydrolysis) is 1. The molecule has 6 heteroatoms. The fraction of sp³-hybridized carbons (Fsp3) is 0.333. The van der Waals surface area contributed by atoms with Gasteiger partial charge in [-0.2, -0.15) is 0 Å². The highest BCUT2D eigenvalue weighted by molar-refractivity contribution is 5.83. The summed E-state index contributed by atoms with van der Waals surface area (Å²) in [4.78, 5) is 19.3. The summed E-state index contributed by atoms with van der Waals surface area (Å²) in [5.74, 6) is 0.589. The van der Waals surface area contributed by atoms with Crippen LogP contribution in [0.15, 0.2) is 47.5 Å². The molecule has 2 heterocycles. The smallest absolute Gasteiger partial charge is 0.408 e. The summed E-state index contributed by atoms with van der Waals surface area (Å²) in [7, 11) is 0. The van der Waals surface area contributed by atoms with Crippen LogP contribution >= 0.6 is 0 Å². The Morgan fingerprint density at radius 2 is 2.17 bits per heavy atom. The Bertz CT molecular complexity index is 816. The van der Waals surface area contributed by atoms with E-state index in [2.05, 4.69) is 15.3 Å². The minimum absolute atomic E-state index is 0.360. The zero-order chi connectivity index (χ0) is 17.2. The van der Waals surface area contributed by atoms with Crippen molar-refractivity contribution in [3.63, 3.8) is 0 Å². The molecule has 1 atom stereocenters. The molecule has 0 unspecified atom stereocenters. The van der Waals surface area contributed by atoms with E-state index in [9.17, 15) is 4.79 Å². The van der Waals surface area contributed by atoms with Crippen molar-refractivity contribution in [2.24, 2.45) is 0 Å². The molecule has 2 aromatic heterocycles. The van der Waals surface area contributed by atoms with Crippen LogP contribution in [0, 0.1) is 0 Å². The molecule has 0 aliphatic rings. The average molecular weight is 327 g/mol. The number of hydrogen-bond donors (Lipinski definition) is 2. The molecule has 0 fully saturated rings. The van der Waals surface area contributed by atoms with E-state index in [1.807, 2.05) is 51.2 Å². The molecule has 0 aliphatic carbocycles. The highest BCUT2D eigenvalue weighted by atomic mass is 16.6. The van der Waals surface area contributed by atoms with Gasteiger partial charge in [0.05, 0.1) is 12.2 Å². The van der Waals surface area contributed by atoms with Crippen molar-refractivity contribution in [2.75, 3.05) is 0 Å². The van der Waals surface area contributed by atoms with E-state index in [0.29, 0.717) is 12.2 Å². The van der Waals surface area contributed by atoms with E-state index >= 15 is 0 Å². The van der Waals surface area contributed by atoms with Crippen LogP contribution in [0.3, 0.4) is 0 Å². The van der Waals surface area contributed by atoms with Gasteiger partial charge in [-0.1, -0.05) is 18.2 Å². The van der Waals surface area contributed by atoms with Gasteiger partial charge in [-0.15, -0.1) is 0 Å². The highest BCUT2D eigenvalue weighted by Crippen LogP contribution is 2.24. The number of hydrogen-bond acceptors (Lipinski definition) is 4. The van der Waals surface area contributed by atoms with Crippen molar-refractivity contribution in [2.45, 2.75) is 38.8 Å². The van der Waals surface area contributed by atoms with Gasteiger partial charge in [-0.05, 0) is 32.4 Å². The van der Waals surface area contributed by atoms with Gasteiger partial charge in [0.2, 0.25) is 0 Å². The molecule has 1 amide bonds. The first kappa shape index (κ1) is 16.1. The molecule has 1 aromatic carbocycles. The molecule has 126 valence electrons. The molecule has 0 spiro atoms. The SMILES string of the molecule is CC(C)(C)OC(=O)N[C@@H](Cc1c[nH]c2ccccc12)c1cnco1. The van der Waals surface area contributed by atoms with Crippen LogP contribution in [0.1, 0.15) is 38.1 Å². The third-order valence-electron chi connectivity index (χ3n) is 3.58. The Morgan fingerprint density at radius 1 is 1.38 bits per heavy atom. The van der Waals surface area contributed by atoms with E-state index in [0.717, 1.165) is 16.5 Å². The van der Waals surface area contributed by atoms with Gasteiger partial charge in [0, 0.05) is 23.5 Å². The maximum absolute atomic E-state index is 12.2. The topological polar surface area (TPSA) is 80.1 Å². The summed E-state index contributed by atoms with van der Waals surface area (Å²) in [5, 5.41) is 3.99. The van der Waals surface area contributed by atoms with Crippen molar-refractivity contribution < 1.29 is 13.9 Å². The van der Waals surface area contributed by atoms with E-state index in [1.165, 1.54) is 6.39 Å². The van der Waals surface area contributed by atoms with Gasteiger partial charge < -0.3 is 19.5 Å². The Labute approximate surface area is 140 Å². The van der Waals surface area contributed by atoms with E-state index in [1.54, 1.807) is 6.20 Å². The lowest BCUT2D eigenvalue weighted by atomic mass is 10.0. The molecule has 0 saturated carbocycles. The number of carbonyl (C=O) groups excluding carboxylic acids is 1.